The minimum absolute atomic E-state index is 0.459. The van der Waals surface area contributed by atoms with Crippen molar-refractivity contribution >= 4 is 22.9 Å². The standard InChI is InChI=1S/C14H12N4S/c15-12(19)9-11-14(10-4-6-16-7-5-10)17-13-3-1-2-8-18(11)13/h1-8H,9H2,(H2,15,19). The Balaban J connectivity index is 2.26. The number of nitrogens with two attached hydrogens (primary N) is 1. The molecular formula is C14H12N4S. The summed E-state index contributed by atoms with van der Waals surface area (Å²) < 4.78 is 2.02. The average molecular weight is 268 g/mol. The molecule has 0 aliphatic heterocycles. The van der Waals surface area contributed by atoms with Crippen LogP contribution in [0, 0.1) is 0 Å². The summed E-state index contributed by atoms with van der Waals surface area (Å²) >= 11 is 5.04. The lowest BCUT2D eigenvalue weighted by Gasteiger charge is -2.03. The molecule has 0 spiro atoms. The van der Waals surface area contributed by atoms with Gasteiger partial charge in [-0.15, -0.1) is 0 Å². The molecule has 0 aromatic carbocycles. The van der Waals surface area contributed by atoms with Gasteiger partial charge < -0.3 is 10.1 Å². The molecule has 19 heavy (non-hydrogen) atoms. The molecule has 0 aliphatic rings. The van der Waals surface area contributed by atoms with Crippen LogP contribution < -0.4 is 5.73 Å². The van der Waals surface area contributed by atoms with Gasteiger partial charge in [-0.2, -0.15) is 0 Å². The molecule has 0 fully saturated rings. The number of imidazole rings is 1. The summed E-state index contributed by atoms with van der Waals surface area (Å²) in [5, 5.41) is 0. The van der Waals surface area contributed by atoms with Crippen molar-refractivity contribution in [1.82, 2.24) is 14.4 Å². The first-order valence-electron chi connectivity index (χ1n) is 5.90. The normalized spacial score (nSPS) is 10.7. The smallest absolute Gasteiger partial charge is 0.137 e. The van der Waals surface area contributed by atoms with Crippen LogP contribution in [0.4, 0.5) is 0 Å². The van der Waals surface area contributed by atoms with Crippen molar-refractivity contribution < 1.29 is 0 Å². The maximum absolute atomic E-state index is 5.70. The zero-order valence-corrected chi connectivity index (χ0v) is 11.0. The van der Waals surface area contributed by atoms with Gasteiger partial charge in [-0.1, -0.05) is 18.3 Å². The Morgan fingerprint density at radius 1 is 1.21 bits per heavy atom. The highest BCUT2D eigenvalue weighted by molar-refractivity contribution is 7.80. The Kier molecular flexibility index (Phi) is 2.97. The van der Waals surface area contributed by atoms with E-state index in [1.54, 1.807) is 12.4 Å². The summed E-state index contributed by atoms with van der Waals surface area (Å²) in [6.07, 6.45) is 6.01. The maximum atomic E-state index is 5.70. The van der Waals surface area contributed by atoms with Crippen molar-refractivity contribution in [3.05, 3.63) is 54.6 Å². The van der Waals surface area contributed by atoms with Gasteiger partial charge in [0, 0.05) is 30.6 Å². The fraction of sp³-hybridized carbons (Fsp3) is 0.0714. The molecule has 0 aliphatic carbocycles. The second-order valence-electron chi connectivity index (χ2n) is 4.21. The van der Waals surface area contributed by atoms with Crippen molar-refractivity contribution in [3.63, 3.8) is 0 Å². The van der Waals surface area contributed by atoms with Crippen LogP contribution in [0.5, 0.6) is 0 Å². The van der Waals surface area contributed by atoms with Gasteiger partial charge in [-0.3, -0.25) is 4.98 Å². The topological polar surface area (TPSA) is 56.2 Å². The highest BCUT2D eigenvalue weighted by atomic mass is 32.1. The molecule has 0 saturated heterocycles. The molecule has 0 amide bonds. The molecule has 94 valence electrons. The number of hydrogen-bond acceptors (Lipinski definition) is 3. The van der Waals surface area contributed by atoms with E-state index in [1.807, 2.05) is 40.9 Å². The summed E-state index contributed by atoms with van der Waals surface area (Å²) in [5.74, 6) is 0. The van der Waals surface area contributed by atoms with Crippen LogP contribution in [0.15, 0.2) is 48.9 Å². The number of hydrogen-bond donors (Lipinski definition) is 1. The second-order valence-corrected chi connectivity index (χ2v) is 4.74. The Bertz CT molecular complexity index is 734. The molecule has 0 bridgehead atoms. The molecular weight excluding hydrogens is 256 g/mol. The summed E-state index contributed by atoms with van der Waals surface area (Å²) in [4.78, 5) is 9.15. The third-order valence-corrected chi connectivity index (χ3v) is 3.07. The number of fused-ring (bicyclic) bond motifs is 1. The minimum atomic E-state index is 0.459. The van der Waals surface area contributed by atoms with Gasteiger partial charge in [-0.25, -0.2) is 4.98 Å². The fourth-order valence-electron chi connectivity index (χ4n) is 2.12. The van der Waals surface area contributed by atoms with Crippen LogP contribution in [-0.2, 0) is 6.42 Å². The Morgan fingerprint density at radius 3 is 2.74 bits per heavy atom. The summed E-state index contributed by atoms with van der Waals surface area (Å²) in [6, 6.07) is 9.76. The molecule has 0 unspecified atom stereocenters. The van der Waals surface area contributed by atoms with Gasteiger partial charge in [0.1, 0.15) is 5.65 Å². The highest BCUT2D eigenvalue weighted by Crippen LogP contribution is 2.24. The van der Waals surface area contributed by atoms with Gasteiger partial charge in [0.15, 0.2) is 0 Å². The SMILES string of the molecule is NC(=S)Cc1c(-c2ccncc2)nc2ccccn12. The first-order valence-corrected chi connectivity index (χ1v) is 6.31. The van der Waals surface area contributed by atoms with Gasteiger partial charge in [-0.05, 0) is 24.3 Å². The van der Waals surface area contributed by atoms with E-state index in [0.29, 0.717) is 11.4 Å². The highest BCUT2D eigenvalue weighted by Gasteiger charge is 2.14. The van der Waals surface area contributed by atoms with Crippen LogP contribution >= 0.6 is 12.2 Å². The van der Waals surface area contributed by atoms with E-state index in [4.69, 9.17) is 18.0 Å². The largest absolute Gasteiger partial charge is 0.393 e. The molecule has 0 saturated carbocycles. The predicted octanol–water partition coefficient (Wildman–Crippen LogP) is 2.22. The van der Waals surface area contributed by atoms with Crippen molar-refractivity contribution in [3.8, 4) is 11.3 Å². The lowest BCUT2D eigenvalue weighted by atomic mass is 10.1. The summed E-state index contributed by atoms with van der Waals surface area (Å²) in [5.41, 5.74) is 9.52. The van der Waals surface area contributed by atoms with Crippen LogP contribution in [0.25, 0.3) is 16.9 Å². The molecule has 0 atom stereocenters. The molecule has 5 heteroatoms. The third-order valence-electron chi connectivity index (χ3n) is 2.92. The van der Waals surface area contributed by atoms with Crippen LogP contribution in [0.3, 0.4) is 0 Å². The lowest BCUT2D eigenvalue weighted by Crippen LogP contribution is -2.13. The molecule has 0 radical (unpaired) electrons. The van der Waals surface area contributed by atoms with Crippen molar-refractivity contribution in [2.75, 3.05) is 0 Å². The number of rotatable bonds is 3. The van der Waals surface area contributed by atoms with Gasteiger partial charge in [0.25, 0.3) is 0 Å². The Labute approximate surface area is 115 Å². The van der Waals surface area contributed by atoms with Crippen molar-refractivity contribution in [2.24, 2.45) is 5.73 Å². The van der Waals surface area contributed by atoms with E-state index >= 15 is 0 Å². The number of thiocarbonyl (C=S) groups is 1. The maximum Gasteiger partial charge on any atom is 0.137 e. The summed E-state index contributed by atoms with van der Waals surface area (Å²) in [6.45, 7) is 0. The fourth-order valence-corrected chi connectivity index (χ4v) is 2.26. The van der Waals surface area contributed by atoms with Crippen molar-refractivity contribution in [1.29, 1.82) is 0 Å². The molecule has 3 aromatic rings. The van der Waals surface area contributed by atoms with E-state index in [-0.39, 0.29) is 0 Å². The van der Waals surface area contributed by atoms with Gasteiger partial charge >= 0.3 is 0 Å². The van der Waals surface area contributed by atoms with Gasteiger partial charge in [0.05, 0.1) is 16.4 Å². The lowest BCUT2D eigenvalue weighted by molar-refractivity contribution is 1.07. The number of pyridine rings is 2. The van der Waals surface area contributed by atoms with E-state index in [9.17, 15) is 0 Å². The first kappa shape index (κ1) is 11.8. The predicted molar refractivity (Wildman–Crippen MR) is 78.9 cm³/mol. The van der Waals surface area contributed by atoms with Crippen LogP contribution in [0.1, 0.15) is 5.69 Å². The van der Waals surface area contributed by atoms with E-state index < -0.39 is 0 Å². The molecule has 4 nitrogen and oxygen atoms in total. The Morgan fingerprint density at radius 2 is 2.00 bits per heavy atom. The molecule has 2 N–H and O–H groups in total. The molecule has 3 heterocycles. The minimum Gasteiger partial charge on any atom is -0.393 e. The zero-order valence-electron chi connectivity index (χ0n) is 10.2. The molecule has 3 rings (SSSR count). The van der Waals surface area contributed by atoms with Crippen molar-refractivity contribution in [2.45, 2.75) is 6.42 Å². The zero-order chi connectivity index (χ0) is 13.2. The number of nitrogens with zero attached hydrogens (tertiary/aromatic N) is 3. The van der Waals surface area contributed by atoms with Gasteiger partial charge in [0.2, 0.25) is 0 Å². The summed E-state index contributed by atoms with van der Waals surface area (Å²) in [7, 11) is 0. The molecule has 3 aromatic heterocycles. The van der Waals surface area contributed by atoms with Crippen LogP contribution in [-0.4, -0.2) is 19.4 Å². The Hall–Kier alpha value is -2.27. The quantitative estimate of drug-likeness (QED) is 0.740. The number of aromatic nitrogens is 3. The third kappa shape index (κ3) is 2.20. The first-order chi connectivity index (χ1) is 9.25. The second kappa shape index (κ2) is 4.78. The van der Waals surface area contributed by atoms with Crippen LogP contribution in [0.2, 0.25) is 0 Å². The average Bonchev–Trinajstić information content (AvgIpc) is 2.78. The monoisotopic (exact) mass is 268 g/mol. The van der Waals surface area contributed by atoms with E-state index in [0.717, 1.165) is 22.6 Å². The van der Waals surface area contributed by atoms with E-state index in [1.165, 1.54) is 0 Å². The van der Waals surface area contributed by atoms with E-state index in [2.05, 4.69) is 9.97 Å².